The zero-order chi connectivity index (χ0) is 17.0. The van der Waals surface area contributed by atoms with Gasteiger partial charge < -0.3 is 4.74 Å². The molecule has 2 aromatic rings. The Morgan fingerprint density at radius 2 is 1.91 bits per heavy atom. The number of halogens is 3. The van der Waals surface area contributed by atoms with Crippen LogP contribution in [0.15, 0.2) is 35.6 Å². The molecule has 0 saturated carbocycles. The lowest BCUT2D eigenvalue weighted by Gasteiger charge is -2.12. The fourth-order valence-electron chi connectivity index (χ4n) is 1.66. The Hall–Kier alpha value is -2.16. The topological polar surface area (TPSA) is 65.0 Å². The van der Waals surface area contributed by atoms with Gasteiger partial charge in [-0.25, -0.2) is 9.97 Å². The van der Waals surface area contributed by atoms with E-state index in [1.165, 1.54) is 38.6 Å². The van der Waals surface area contributed by atoms with Crippen LogP contribution in [0.5, 0.6) is 0 Å². The largest absolute Gasteiger partial charge is 0.468 e. The molecule has 9 heteroatoms. The van der Waals surface area contributed by atoms with Crippen LogP contribution in [0.25, 0.3) is 11.4 Å². The maximum absolute atomic E-state index is 13.0. The molecule has 0 N–H and O–H groups in total. The number of carbonyl (C=O) groups is 1. The average molecular weight is 343 g/mol. The molecular weight excluding hydrogens is 331 g/mol. The summed E-state index contributed by atoms with van der Waals surface area (Å²) in [6.45, 7) is 1.53. The summed E-state index contributed by atoms with van der Waals surface area (Å²) in [6.07, 6.45) is -1.75. The highest BCUT2D eigenvalue weighted by Crippen LogP contribution is 2.33. The lowest BCUT2D eigenvalue weighted by Crippen LogP contribution is -2.16. The van der Waals surface area contributed by atoms with Crippen molar-refractivity contribution in [2.75, 3.05) is 7.11 Å². The minimum atomic E-state index is -4.62. The fourth-order valence-corrected chi connectivity index (χ4v) is 2.53. The van der Waals surface area contributed by atoms with Gasteiger partial charge in [-0.1, -0.05) is 11.8 Å². The Balaban J connectivity index is 2.44. The lowest BCUT2D eigenvalue weighted by atomic mass is 10.2. The number of thioether (sulfide) groups is 1. The fraction of sp³-hybridized carbons (Fsp3) is 0.286. The normalized spacial score (nSPS) is 12.7. The van der Waals surface area contributed by atoms with Crippen molar-refractivity contribution in [3.8, 4) is 11.4 Å². The van der Waals surface area contributed by atoms with Crippen LogP contribution < -0.4 is 0 Å². The van der Waals surface area contributed by atoms with Crippen molar-refractivity contribution in [2.45, 2.75) is 23.4 Å². The number of nitrogens with zero attached hydrogens (tertiary/aromatic N) is 3. The van der Waals surface area contributed by atoms with Gasteiger partial charge >= 0.3 is 12.1 Å². The third kappa shape index (κ3) is 4.41. The minimum Gasteiger partial charge on any atom is -0.468 e. The second kappa shape index (κ2) is 6.95. The number of carbonyl (C=O) groups excluding carboxylic acids is 1. The van der Waals surface area contributed by atoms with Gasteiger partial charge in [0, 0.05) is 24.0 Å². The molecule has 122 valence electrons. The van der Waals surface area contributed by atoms with E-state index in [2.05, 4.69) is 19.7 Å². The Kier molecular flexibility index (Phi) is 5.19. The molecule has 0 aliphatic rings. The van der Waals surface area contributed by atoms with Crippen molar-refractivity contribution in [2.24, 2.45) is 0 Å². The van der Waals surface area contributed by atoms with Gasteiger partial charge in [0.1, 0.15) is 16.0 Å². The third-order valence-electron chi connectivity index (χ3n) is 2.76. The van der Waals surface area contributed by atoms with E-state index < -0.39 is 23.1 Å². The smallest absolute Gasteiger partial charge is 0.433 e. The van der Waals surface area contributed by atoms with Crippen molar-refractivity contribution >= 4 is 17.7 Å². The van der Waals surface area contributed by atoms with Crippen molar-refractivity contribution in [1.29, 1.82) is 0 Å². The molecule has 1 unspecified atom stereocenters. The molecule has 0 aliphatic carbocycles. The first-order chi connectivity index (χ1) is 10.8. The standard InChI is InChI=1S/C14H12F3N3O2S/c1-8(13(21)22-2)23-11-7-10(14(15,16)17)19-12(20-11)9-3-5-18-6-4-9/h3-8H,1-2H3. The summed E-state index contributed by atoms with van der Waals surface area (Å²) in [4.78, 5) is 22.9. The van der Waals surface area contributed by atoms with Gasteiger partial charge in [-0.3, -0.25) is 9.78 Å². The van der Waals surface area contributed by atoms with Crippen LogP contribution in [0.3, 0.4) is 0 Å². The van der Waals surface area contributed by atoms with Gasteiger partial charge in [-0.05, 0) is 19.1 Å². The molecule has 0 amide bonds. The molecule has 0 saturated heterocycles. The highest BCUT2D eigenvalue weighted by Gasteiger charge is 2.34. The predicted molar refractivity (Wildman–Crippen MR) is 77.6 cm³/mol. The Bertz CT molecular complexity index is 695. The van der Waals surface area contributed by atoms with Gasteiger partial charge in [-0.2, -0.15) is 13.2 Å². The summed E-state index contributed by atoms with van der Waals surface area (Å²) >= 11 is 0.874. The summed E-state index contributed by atoms with van der Waals surface area (Å²) in [5, 5.41) is -0.654. The monoisotopic (exact) mass is 343 g/mol. The van der Waals surface area contributed by atoms with E-state index in [0.717, 1.165) is 17.8 Å². The average Bonchev–Trinajstić information content (AvgIpc) is 2.53. The summed E-state index contributed by atoms with van der Waals surface area (Å²) in [5.74, 6) is -0.630. The van der Waals surface area contributed by atoms with Crippen molar-refractivity contribution in [3.05, 3.63) is 36.3 Å². The molecular formula is C14H12F3N3O2S. The molecule has 1 atom stereocenters. The molecule has 0 fully saturated rings. The molecule has 0 aliphatic heterocycles. The summed E-state index contributed by atoms with van der Waals surface area (Å²) < 4.78 is 43.6. The molecule has 0 radical (unpaired) electrons. The molecule has 2 heterocycles. The molecule has 5 nitrogen and oxygen atoms in total. The highest BCUT2D eigenvalue weighted by molar-refractivity contribution is 8.00. The van der Waals surface area contributed by atoms with E-state index in [9.17, 15) is 18.0 Å². The number of hydrogen-bond donors (Lipinski definition) is 0. The van der Waals surface area contributed by atoms with E-state index in [4.69, 9.17) is 0 Å². The number of methoxy groups -OCH3 is 1. The Morgan fingerprint density at radius 1 is 1.26 bits per heavy atom. The zero-order valence-corrected chi connectivity index (χ0v) is 13.0. The third-order valence-corrected chi connectivity index (χ3v) is 3.76. The number of aromatic nitrogens is 3. The number of rotatable bonds is 4. The van der Waals surface area contributed by atoms with Gasteiger partial charge in [0.15, 0.2) is 5.82 Å². The van der Waals surface area contributed by atoms with Gasteiger partial charge in [0.25, 0.3) is 0 Å². The van der Waals surface area contributed by atoms with Crippen molar-refractivity contribution in [3.63, 3.8) is 0 Å². The first-order valence-electron chi connectivity index (χ1n) is 6.42. The van der Waals surface area contributed by atoms with Crippen molar-refractivity contribution < 1.29 is 22.7 Å². The number of pyridine rings is 1. The van der Waals surface area contributed by atoms with E-state index in [-0.39, 0.29) is 10.9 Å². The molecule has 0 bridgehead atoms. The Labute approximate surface area is 134 Å². The maximum Gasteiger partial charge on any atom is 0.433 e. The summed E-state index contributed by atoms with van der Waals surface area (Å²) in [6, 6.07) is 3.83. The maximum atomic E-state index is 13.0. The molecule has 2 aromatic heterocycles. The van der Waals surface area contributed by atoms with Crippen LogP contribution in [0.2, 0.25) is 0 Å². The van der Waals surface area contributed by atoms with Crippen LogP contribution in [-0.2, 0) is 15.7 Å². The van der Waals surface area contributed by atoms with E-state index in [1.54, 1.807) is 0 Å². The van der Waals surface area contributed by atoms with Crippen LogP contribution in [-0.4, -0.2) is 33.3 Å². The number of esters is 1. The number of alkyl halides is 3. The second-order valence-corrected chi connectivity index (χ2v) is 5.79. The van der Waals surface area contributed by atoms with Crippen LogP contribution in [0, 0.1) is 0 Å². The van der Waals surface area contributed by atoms with E-state index in [0.29, 0.717) is 5.56 Å². The highest BCUT2D eigenvalue weighted by atomic mass is 32.2. The van der Waals surface area contributed by atoms with Gasteiger partial charge in [0.05, 0.1) is 7.11 Å². The van der Waals surface area contributed by atoms with E-state index in [1.807, 2.05) is 0 Å². The summed E-state index contributed by atoms with van der Waals surface area (Å²) in [7, 11) is 1.21. The predicted octanol–water partition coefficient (Wildman–Crippen LogP) is 3.21. The number of hydrogen-bond acceptors (Lipinski definition) is 6. The zero-order valence-electron chi connectivity index (χ0n) is 12.2. The first kappa shape index (κ1) is 17.2. The minimum absolute atomic E-state index is 0.0389. The van der Waals surface area contributed by atoms with Crippen LogP contribution in [0.1, 0.15) is 12.6 Å². The van der Waals surface area contributed by atoms with Gasteiger partial charge in [-0.15, -0.1) is 0 Å². The number of ether oxygens (including phenoxy) is 1. The molecule has 0 aromatic carbocycles. The first-order valence-corrected chi connectivity index (χ1v) is 7.30. The Morgan fingerprint density at radius 3 is 2.48 bits per heavy atom. The van der Waals surface area contributed by atoms with Gasteiger partial charge in [0.2, 0.25) is 0 Å². The van der Waals surface area contributed by atoms with Crippen LogP contribution >= 0.6 is 11.8 Å². The quantitative estimate of drug-likeness (QED) is 0.482. The SMILES string of the molecule is COC(=O)C(C)Sc1cc(C(F)(F)F)nc(-c2ccncc2)n1. The van der Waals surface area contributed by atoms with E-state index >= 15 is 0 Å². The van der Waals surface area contributed by atoms with Crippen LogP contribution in [0.4, 0.5) is 13.2 Å². The molecule has 2 rings (SSSR count). The molecule has 23 heavy (non-hydrogen) atoms. The lowest BCUT2D eigenvalue weighted by molar-refractivity contribution is -0.141. The summed E-state index contributed by atoms with van der Waals surface area (Å²) in [5.41, 5.74) is -0.669. The second-order valence-electron chi connectivity index (χ2n) is 4.43. The molecule has 0 spiro atoms. The van der Waals surface area contributed by atoms with Crippen molar-refractivity contribution in [1.82, 2.24) is 15.0 Å².